The van der Waals surface area contributed by atoms with Crippen LogP contribution in [-0.2, 0) is 28.7 Å². The number of fused-ring (bicyclic) bond motifs is 1. The zero-order valence-corrected chi connectivity index (χ0v) is 18.0. The number of benzene rings is 1. The Morgan fingerprint density at radius 2 is 2.06 bits per heavy atom. The van der Waals surface area contributed by atoms with Gasteiger partial charge >= 0.3 is 6.18 Å². The summed E-state index contributed by atoms with van der Waals surface area (Å²) >= 11 is 0. The van der Waals surface area contributed by atoms with Crippen LogP contribution in [0, 0.1) is 22.0 Å². The highest BCUT2D eigenvalue weighted by Crippen LogP contribution is 2.38. The largest absolute Gasteiger partial charge is 0.416 e. The van der Waals surface area contributed by atoms with Crippen LogP contribution in [0.4, 0.5) is 18.9 Å². The van der Waals surface area contributed by atoms with Crippen LogP contribution < -0.4 is 5.32 Å². The molecule has 32 heavy (non-hydrogen) atoms. The highest BCUT2D eigenvalue weighted by molar-refractivity contribution is 5.79. The molecule has 2 heterocycles. The Morgan fingerprint density at radius 1 is 1.28 bits per heavy atom. The zero-order valence-electron chi connectivity index (χ0n) is 18.0. The molecule has 2 aliphatic heterocycles. The van der Waals surface area contributed by atoms with Gasteiger partial charge in [0, 0.05) is 49.3 Å². The van der Waals surface area contributed by atoms with E-state index < -0.39 is 22.4 Å². The van der Waals surface area contributed by atoms with E-state index in [9.17, 15) is 28.1 Å². The number of hydrogen-bond donors (Lipinski definition) is 1. The van der Waals surface area contributed by atoms with Gasteiger partial charge in [-0.15, -0.1) is 0 Å². The van der Waals surface area contributed by atoms with Crippen molar-refractivity contribution in [2.45, 2.75) is 63.8 Å². The van der Waals surface area contributed by atoms with Gasteiger partial charge < -0.3 is 15.0 Å². The summed E-state index contributed by atoms with van der Waals surface area (Å²) in [7, 11) is 0. The Labute approximate surface area is 184 Å². The monoisotopic (exact) mass is 455 g/mol. The van der Waals surface area contributed by atoms with E-state index >= 15 is 0 Å². The summed E-state index contributed by atoms with van der Waals surface area (Å²) in [6.07, 6.45) is -1.23. The molecule has 4 atom stereocenters. The third kappa shape index (κ3) is 4.76. The van der Waals surface area contributed by atoms with Crippen LogP contribution in [0.5, 0.6) is 0 Å². The molecule has 4 rings (SSSR count). The third-order valence-electron chi connectivity index (χ3n) is 7.02. The lowest BCUT2D eigenvalue weighted by Crippen LogP contribution is -2.46. The molecular formula is C22H28F3N3O4. The minimum atomic E-state index is -4.68. The Hall–Kier alpha value is -2.20. The molecule has 1 N–H and O–H groups in total. The lowest BCUT2D eigenvalue weighted by atomic mass is 9.93. The van der Waals surface area contributed by atoms with E-state index in [1.54, 1.807) is 4.90 Å². The molecule has 0 radical (unpaired) electrons. The topological polar surface area (TPSA) is 84.7 Å². The number of ether oxygens (including phenoxy) is 1. The molecule has 176 valence electrons. The van der Waals surface area contributed by atoms with Gasteiger partial charge in [-0.25, -0.2) is 0 Å². The molecule has 1 aromatic rings. The number of nitro groups is 1. The predicted octanol–water partition coefficient (Wildman–Crippen LogP) is 3.68. The highest BCUT2D eigenvalue weighted by atomic mass is 19.4. The van der Waals surface area contributed by atoms with Gasteiger partial charge in [0.15, 0.2) is 0 Å². The minimum absolute atomic E-state index is 0.0233. The summed E-state index contributed by atoms with van der Waals surface area (Å²) in [4.78, 5) is 25.3. The van der Waals surface area contributed by atoms with Crippen LogP contribution in [0.3, 0.4) is 0 Å². The third-order valence-corrected chi connectivity index (χ3v) is 7.02. The molecule has 1 aliphatic carbocycles. The van der Waals surface area contributed by atoms with Gasteiger partial charge in [0.05, 0.1) is 17.1 Å². The number of carbonyl (C=O) groups is 1. The number of alkyl halides is 3. The van der Waals surface area contributed by atoms with E-state index in [1.807, 2.05) is 0 Å². The summed E-state index contributed by atoms with van der Waals surface area (Å²) in [5.74, 6) is 0.167. The van der Waals surface area contributed by atoms with Gasteiger partial charge in [-0.1, -0.05) is 6.92 Å². The number of nitrogens with one attached hydrogen (secondary N) is 1. The fraction of sp³-hybridized carbons (Fsp3) is 0.682. The first-order chi connectivity index (χ1) is 15.1. The van der Waals surface area contributed by atoms with Crippen molar-refractivity contribution in [1.29, 1.82) is 0 Å². The fourth-order valence-corrected chi connectivity index (χ4v) is 5.24. The first kappa shape index (κ1) is 23.0. The van der Waals surface area contributed by atoms with Crippen molar-refractivity contribution >= 4 is 11.6 Å². The summed E-state index contributed by atoms with van der Waals surface area (Å²) < 4.78 is 45.2. The molecule has 1 aromatic carbocycles. The van der Waals surface area contributed by atoms with E-state index in [0.29, 0.717) is 30.0 Å². The number of nitrogens with zero attached hydrogens (tertiary/aromatic N) is 2. The predicted molar refractivity (Wildman–Crippen MR) is 110 cm³/mol. The normalized spacial score (nSPS) is 28.4. The van der Waals surface area contributed by atoms with Crippen LogP contribution >= 0.6 is 0 Å². The van der Waals surface area contributed by atoms with Crippen molar-refractivity contribution in [3.8, 4) is 0 Å². The Morgan fingerprint density at radius 3 is 2.75 bits per heavy atom. The van der Waals surface area contributed by atoms with Crippen molar-refractivity contribution in [1.82, 2.24) is 10.2 Å². The van der Waals surface area contributed by atoms with Crippen molar-refractivity contribution < 1.29 is 27.6 Å². The minimum Gasteiger partial charge on any atom is -0.381 e. The fourth-order valence-electron chi connectivity index (χ4n) is 5.24. The molecule has 2 fully saturated rings. The maximum absolute atomic E-state index is 13.2. The van der Waals surface area contributed by atoms with Crippen LogP contribution in [0.25, 0.3) is 0 Å². The second-order valence-corrected chi connectivity index (χ2v) is 9.22. The second-order valence-electron chi connectivity index (χ2n) is 9.22. The molecule has 10 heteroatoms. The number of carbonyl (C=O) groups excluding carboxylic acids is 1. The average Bonchev–Trinajstić information content (AvgIpc) is 3.21. The Bertz CT molecular complexity index is 892. The molecule has 1 saturated heterocycles. The maximum Gasteiger partial charge on any atom is 0.416 e. The zero-order chi connectivity index (χ0) is 23.0. The first-order valence-corrected chi connectivity index (χ1v) is 11.1. The van der Waals surface area contributed by atoms with Crippen LogP contribution in [0.1, 0.15) is 49.3 Å². The van der Waals surface area contributed by atoms with Gasteiger partial charge in [0.1, 0.15) is 0 Å². The number of amides is 1. The summed E-state index contributed by atoms with van der Waals surface area (Å²) in [6, 6.07) is 2.16. The van der Waals surface area contributed by atoms with Crippen molar-refractivity contribution in [2.24, 2.45) is 11.8 Å². The molecule has 0 aromatic heterocycles. The van der Waals surface area contributed by atoms with Gasteiger partial charge in [0.2, 0.25) is 5.91 Å². The summed E-state index contributed by atoms with van der Waals surface area (Å²) in [5.41, 5.74) is -1.05. The quantitative estimate of drug-likeness (QED) is 0.553. The lowest BCUT2D eigenvalue weighted by molar-refractivity contribution is -0.385. The Balaban J connectivity index is 1.44. The van der Waals surface area contributed by atoms with Gasteiger partial charge in [-0.05, 0) is 49.7 Å². The molecule has 0 spiro atoms. The van der Waals surface area contributed by atoms with Crippen LogP contribution in [0.2, 0.25) is 0 Å². The van der Waals surface area contributed by atoms with Crippen LogP contribution in [-0.4, -0.2) is 47.6 Å². The van der Waals surface area contributed by atoms with E-state index in [2.05, 4.69) is 12.2 Å². The van der Waals surface area contributed by atoms with Gasteiger partial charge in [-0.3, -0.25) is 14.9 Å². The van der Waals surface area contributed by atoms with E-state index in [1.165, 1.54) is 0 Å². The molecule has 0 bridgehead atoms. The summed E-state index contributed by atoms with van der Waals surface area (Å²) in [5, 5.41) is 15.0. The molecular weight excluding hydrogens is 427 g/mol. The highest BCUT2D eigenvalue weighted by Gasteiger charge is 2.39. The first-order valence-electron chi connectivity index (χ1n) is 11.1. The molecule has 1 amide bonds. The Kier molecular flexibility index (Phi) is 6.44. The van der Waals surface area contributed by atoms with E-state index in [4.69, 9.17) is 4.74 Å². The van der Waals surface area contributed by atoms with Crippen molar-refractivity contribution in [3.05, 3.63) is 38.9 Å². The van der Waals surface area contributed by atoms with Crippen molar-refractivity contribution in [3.63, 3.8) is 0 Å². The number of hydrogen-bond acceptors (Lipinski definition) is 5. The van der Waals surface area contributed by atoms with Crippen molar-refractivity contribution in [2.75, 3.05) is 19.8 Å². The van der Waals surface area contributed by atoms with Gasteiger partial charge in [0.25, 0.3) is 5.69 Å². The van der Waals surface area contributed by atoms with E-state index in [0.717, 1.165) is 38.5 Å². The average molecular weight is 455 g/mol. The standard InChI is InChI=1S/C22H28F3N3O4/c1-13-12-32-7-5-19(13)26-17-3-2-14(9-17)21(29)27-6-4-18-15(11-27)8-16(22(23,24)25)10-20(18)28(30)31/h8,10,13-14,17,19,26H,2-7,9,11-12H2,1H3. The number of rotatable bonds is 4. The van der Waals surface area contributed by atoms with E-state index in [-0.39, 0.29) is 42.9 Å². The van der Waals surface area contributed by atoms with Gasteiger partial charge in [-0.2, -0.15) is 13.2 Å². The SMILES string of the molecule is CC1COCCC1NC1CCC(C(=O)N2CCc3c(cc(C(F)(F)F)cc3[N+](=O)[O-])C2)C1. The number of nitro benzene ring substituents is 1. The summed E-state index contributed by atoms with van der Waals surface area (Å²) in [6.45, 7) is 3.87. The molecule has 7 nitrogen and oxygen atoms in total. The second kappa shape index (κ2) is 8.97. The van der Waals surface area contributed by atoms with Crippen LogP contribution in [0.15, 0.2) is 12.1 Å². The molecule has 3 aliphatic rings. The smallest absolute Gasteiger partial charge is 0.381 e. The molecule has 4 unspecified atom stereocenters. The molecule has 1 saturated carbocycles. The lowest BCUT2D eigenvalue weighted by Gasteiger charge is -2.33. The number of halogens is 3. The maximum atomic E-state index is 13.2.